The second kappa shape index (κ2) is 8.20. The molecule has 30 heavy (non-hydrogen) atoms. The standard InChI is InChI=1S/C19H25N5O4S2/c1-11-9-29-17(21-11)15-20-7-12(18(26)28-2)13(22-15)8-24-10-19(4-5-19)6-14(24)16(25)23-30(3)27/h9,14H,4-8,10H2,1-3H3,(H,20,22)(H,23,25). The summed E-state index contributed by atoms with van der Waals surface area (Å²) in [5.41, 5.74) is 2.18. The third-order valence-electron chi connectivity index (χ3n) is 5.75. The topological polar surface area (TPSA) is 113 Å². The lowest BCUT2D eigenvalue weighted by atomic mass is 10.0. The summed E-state index contributed by atoms with van der Waals surface area (Å²) >= 11 is 1.48. The van der Waals surface area contributed by atoms with Crippen molar-refractivity contribution in [1.82, 2.24) is 19.9 Å². The monoisotopic (exact) mass is 451 g/mol. The SMILES string of the molecule is COC(=O)C1=C(CN2CC3(CC3)CC2C(=O)NS(C)=O)NC(c2nc(C)cs2)=NC1. The number of carbonyl (C=O) groups is 2. The van der Waals surface area contributed by atoms with E-state index in [0.717, 1.165) is 36.5 Å². The van der Waals surface area contributed by atoms with Gasteiger partial charge in [-0.3, -0.25) is 19.4 Å². The van der Waals surface area contributed by atoms with Gasteiger partial charge >= 0.3 is 5.97 Å². The number of rotatable bonds is 6. The third-order valence-corrected chi connectivity index (χ3v) is 7.21. The van der Waals surface area contributed by atoms with Crippen LogP contribution in [0.4, 0.5) is 0 Å². The minimum atomic E-state index is -1.42. The Kier molecular flexibility index (Phi) is 5.78. The van der Waals surface area contributed by atoms with Crippen LogP contribution in [-0.4, -0.2) is 70.8 Å². The first-order valence-corrected chi connectivity index (χ1v) is 12.2. The highest BCUT2D eigenvalue weighted by Crippen LogP contribution is 2.54. The van der Waals surface area contributed by atoms with E-state index in [9.17, 15) is 13.8 Å². The van der Waals surface area contributed by atoms with Gasteiger partial charge in [-0.2, -0.15) is 0 Å². The number of methoxy groups -OCH3 is 1. The van der Waals surface area contributed by atoms with Crippen molar-refractivity contribution >= 4 is 40.0 Å². The van der Waals surface area contributed by atoms with Gasteiger partial charge in [0.15, 0.2) is 10.8 Å². The molecule has 1 saturated heterocycles. The zero-order chi connectivity index (χ0) is 21.5. The van der Waals surface area contributed by atoms with E-state index in [1.165, 1.54) is 24.7 Å². The van der Waals surface area contributed by atoms with Crippen LogP contribution in [0.3, 0.4) is 0 Å². The number of ether oxygens (including phenoxy) is 1. The molecule has 1 saturated carbocycles. The average molecular weight is 452 g/mol. The van der Waals surface area contributed by atoms with Crippen molar-refractivity contribution in [2.24, 2.45) is 10.4 Å². The third kappa shape index (κ3) is 4.33. The van der Waals surface area contributed by atoms with Crippen molar-refractivity contribution in [3.05, 3.63) is 27.4 Å². The maximum Gasteiger partial charge on any atom is 0.337 e. The van der Waals surface area contributed by atoms with Gasteiger partial charge in [-0.25, -0.2) is 14.0 Å². The highest BCUT2D eigenvalue weighted by Gasteiger charge is 2.54. The summed E-state index contributed by atoms with van der Waals surface area (Å²) in [7, 11) is -0.0703. The second-order valence-electron chi connectivity index (χ2n) is 8.08. The lowest BCUT2D eigenvalue weighted by Gasteiger charge is -2.28. The first kappa shape index (κ1) is 21.1. The number of likely N-dealkylation sites (tertiary alicyclic amines) is 1. The van der Waals surface area contributed by atoms with E-state index < -0.39 is 17.0 Å². The fourth-order valence-electron chi connectivity index (χ4n) is 4.06. The zero-order valence-corrected chi connectivity index (χ0v) is 18.8. The lowest BCUT2D eigenvalue weighted by molar-refractivity contribution is -0.136. The van der Waals surface area contributed by atoms with E-state index >= 15 is 0 Å². The van der Waals surface area contributed by atoms with Crippen molar-refractivity contribution in [1.29, 1.82) is 0 Å². The predicted molar refractivity (Wildman–Crippen MR) is 114 cm³/mol. The molecule has 0 bridgehead atoms. The van der Waals surface area contributed by atoms with Crippen LogP contribution in [0.1, 0.15) is 30.0 Å². The summed E-state index contributed by atoms with van der Waals surface area (Å²) in [4.78, 5) is 36.1. The van der Waals surface area contributed by atoms with Crippen molar-refractivity contribution in [3.8, 4) is 0 Å². The Hall–Kier alpha value is -2.11. The molecule has 2 atom stereocenters. The molecule has 4 rings (SSSR count). The van der Waals surface area contributed by atoms with Crippen molar-refractivity contribution in [2.45, 2.75) is 32.2 Å². The molecular formula is C19H25N5O4S2. The van der Waals surface area contributed by atoms with Crippen LogP contribution in [0.25, 0.3) is 0 Å². The van der Waals surface area contributed by atoms with Gasteiger partial charge < -0.3 is 10.1 Å². The van der Waals surface area contributed by atoms with Gasteiger partial charge in [-0.05, 0) is 31.6 Å². The number of aryl methyl sites for hydroxylation is 1. The van der Waals surface area contributed by atoms with E-state index in [0.29, 0.717) is 23.7 Å². The molecule has 9 nitrogen and oxygen atoms in total. The summed E-state index contributed by atoms with van der Waals surface area (Å²) in [6.45, 7) is 3.26. The molecule has 0 radical (unpaired) electrons. The molecule has 0 aromatic carbocycles. The molecule has 2 unspecified atom stereocenters. The number of amides is 1. The Morgan fingerprint density at radius 3 is 2.83 bits per heavy atom. The van der Waals surface area contributed by atoms with Gasteiger partial charge in [0.1, 0.15) is 11.0 Å². The fourth-order valence-corrected chi connectivity index (χ4v) is 5.24. The lowest BCUT2D eigenvalue weighted by Crippen LogP contribution is -2.46. The van der Waals surface area contributed by atoms with Crippen molar-refractivity contribution in [2.75, 3.05) is 33.0 Å². The summed E-state index contributed by atoms with van der Waals surface area (Å²) in [5, 5.41) is 5.97. The smallest absolute Gasteiger partial charge is 0.337 e. The predicted octanol–water partition coefficient (Wildman–Crippen LogP) is 0.493. The molecule has 1 aliphatic carbocycles. The van der Waals surface area contributed by atoms with Gasteiger partial charge in [0.2, 0.25) is 5.91 Å². The molecule has 2 fully saturated rings. The highest BCUT2D eigenvalue weighted by atomic mass is 32.2. The van der Waals surface area contributed by atoms with Crippen LogP contribution in [0, 0.1) is 12.3 Å². The summed E-state index contributed by atoms with van der Waals surface area (Å²) in [6, 6.07) is -0.381. The van der Waals surface area contributed by atoms with Gasteiger partial charge in [-0.1, -0.05) is 0 Å². The van der Waals surface area contributed by atoms with E-state index in [4.69, 9.17) is 4.74 Å². The number of thiazole rings is 1. The molecule has 162 valence electrons. The van der Waals surface area contributed by atoms with Gasteiger partial charge in [0.05, 0.1) is 25.3 Å². The largest absolute Gasteiger partial charge is 0.466 e. The normalized spacial score (nSPS) is 23.7. The van der Waals surface area contributed by atoms with Crippen LogP contribution in [0.15, 0.2) is 21.6 Å². The highest BCUT2D eigenvalue weighted by molar-refractivity contribution is 7.82. The van der Waals surface area contributed by atoms with Crippen LogP contribution in [-0.2, 0) is 25.3 Å². The minimum Gasteiger partial charge on any atom is -0.466 e. The molecule has 3 heterocycles. The zero-order valence-electron chi connectivity index (χ0n) is 17.2. The molecule has 1 amide bonds. The second-order valence-corrected chi connectivity index (χ2v) is 10.0. The van der Waals surface area contributed by atoms with E-state index in [1.807, 2.05) is 12.3 Å². The van der Waals surface area contributed by atoms with Gasteiger partial charge in [0.25, 0.3) is 0 Å². The number of carbonyl (C=O) groups excluding carboxylic acids is 2. The number of aliphatic imine (C=N–C) groups is 1. The van der Waals surface area contributed by atoms with Crippen LogP contribution in [0.5, 0.6) is 0 Å². The number of esters is 1. The van der Waals surface area contributed by atoms with Gasteiger partial charge in [-0.15, -0.1) is 11.3 Å². The quantitative estimate of drug-likeness (QED) is 0.605. The summed E-state index contributed by atoms with van der Waals surface area (Å²) in [6.07, 6.45) is 4.36. The maximum atomic E-state index is 12.7. The average Bonchev–Trinajstić information content (AvgIpc) is 3.14. The minimum absolute atomic E-state index is 0.154. The molecule has 2 aliphatic heterocycles. The maximum absolute atomic E-state index is 12.7. The number of hydrogen-bond acceptors (Lipinski definition) is 9. The van der Waals surface area contributed by atoms with E-state index in [2.05, 4.69) is 24.9 Å². The Morgan fingerprint density at radius 2 is 2.23 bits per heavy atom. The Morgan fingerprint density at radius 1 is 1.47 bits per heavy atom. The number of hydrogen-bond donors (Lipinski definition) is 2. The van der Waals surface area contributed by atoms with Crippen LogP contribution >= 0.6 is 11.3 Å². The Balaban J connectivity index is 1.58. The van der Waals surface area contributed by atoms with Gasteiger partial charge in [0, 0.05) is 36.1 Å². The Labute approximate surface area is 181 Å². The molecule has 2 N–H and O–H groups in total. The summed E-state index contributed by atoms with van der Waals surface area (Å²) < 4.78 is 19.0. The first-order chi connectivity index (χ1) is 14.3. The van der Waals surface area contributed by atoms with E-state index in [-0.39, 0.29) is 23.9 Å². The molecule has 11 heteroatoms. The molecule has 1 aromatic rings. The fraction of sp³-hybridized carbons (Fsp3) is 0.579. The number of nitrogens with one attached hydrogen (secondary N) is 2. The first-order valence-electron chi connectivity index (χ1n) is 9.72. The molecular weight excluding hydrogens is 426 g/mol. The van der Waals surface area contributed by atoms with E-state index in [1.54, 1.807) is 0 Å². The molecule has 1 aromatic heterocycles. The van der Waals surface area contributed by atoms with Crippen molar-refractivity contribution in [3.63, 3.8) is 0 Å². The number of nitrogens with zero attached hydrogens (tertiary/aromatic N) is 3. The number of amidine groups is 1. The van der Waals surface area contributed by atoms with Crippen molar-refractivity contribution < 1.29 is 18.5 Å². The summed E-state index contributed by atoms with van der Waals surface area (Å²) in [5.74, 6) is -0.0570. The Bertz CT molecular complexity index is 966. The number of aromatic nitrogens is 1. The molecule has 3 aliphatic rings. The van der Waals surface area contributed by atoms with Crippen LogP contribution < -0.4 is 10.0 Å². The van der Waals surface area contributed by atoms with Crippen LogP contribution in [0.2, 0.25) is 0 Å². The molecule has 1 spiro atoms.